The molecular formula is C9H17LiN2OSe. The number of nitrogens with zero attached hydrogens (tertiary/aromatic N) is 2. The van der Waals surface area contributed by atoms with Crippen LogP contribution in [-0.4, -0.2) is 70.0 Å². The van der Waals surface area contributed by atoms with Gasteiger partial charge in [0.25, 0.3) is 0 Å². The van der Waals surface area contributed by atoms with Crippen LogP contribution in [0.5, 0.6) is 0 Å². The Morgan fingerprint density at radius 3 is 2.36 bits per heavy atom. The first-order valence-corrected chi connectivity index (χ1v) is 7.56. The molecule has 1 fully saturated rings. The fourth-order valence-corrected chi connectivity index (χ4v) is 2.98. The van der Waals surface area contributed by atoms with Crippen molar-refractivity contribution in [1.82, 2.24) is 4.90 Å². The summed E-state index contributed by atoms with van der Waals surface area (Å²) in [5, 5.41) is 0. The minimum atomic E-state index is 0.0470. The van der Waals surface area contributed by atoms with Gasteiger partial charge in [0, 0.05) is 0 Å². The zero-order chi connectivity index (χ0) is 10.6. The van der Waals surface area contributed by atoms with Gasteiger partial charge < -0.3 is 0 Å². The van der Waals surface area contributed by atoms with Crippen LogP contribution in [0.15, 0.2) is 4.99 Å². The van der Waals surface area contributed by atoms with Crippen LogP contribution >= 0.6 is 0 Å². The molecule has 0 bridgehead atoms. The van der Waals surface area contributed by atoms with Crippen molar-refractivity contribution in [3.63, 3.8) is 0 Å². The number of morpholine rings is 1. The molecule has 0 aromatic carbocycles. The van der Waals surface area contributed by atoms with E-state index in [2.05, 4.69) is 41.4 Å². The normalized spacial score (nSPS) is 20.1. The molecule has 0 saturated carbocycles. The van der Waals surface area contributed by atoms with Gasteiger partial charge in [0.1, 0.15) is 0 Å². The topological polar surface area (TPSA) is 24.8 Å². The zero-order valence-corrected chi connectivity index (χ0v) is 11.3. The quantitative estimate of drug-likeness (QED) is 0.381. The van der Waals surface area contributed by atoms with Crippen LogP contribution in [0.2, 0.25) is 0 Å². The number of rotatable bonds is 1. The van der Waals surface area contributed by atoms with Crippen LogP contribution in [0.3, 0.4) is 0 Å². The van der Waals surface area contributed by atoms with Crippen LogP contribution < -0.4 is 0 Å². The summed E-state index contributed by atoms with van der Waals surface area (Å²) in [5.41, 5.74) is 0.0470. The van der Waals surface area contributed by atoms with E-state index in [0.29, 0.717) is 12.8 Å². The molecule has 5 heteroatoms. The van der Waals surface area contributed by atoms with E-state index in [0.717, 1.165) is 26.3 Å². The van der Waals surface area contributed by atoms with Gasteiger partial charge in [0.05, 0.1) is 0 Å². The van der Waals surface area contributed by atoms with E-state index in [1.54, 1.807) is 0 Å². The van der Waals surface area contributed by atoms with E-state index in [1.807, 2.05) is 0 Å². The molecule has 1 aliphatic heterocycles. The van der Waals surface area contributed by atoms with Crippen LogP contribution in [0, 0.1) is 0 Å². The average Bonchev–Trinajstić information content (AvgIpc) is 2.14. The van der Waals surface area contributed by atoms with Gasteiger partial charge in [-0.2, -0.15) is 0 Å². The van der Waals surface area contributed by atoms with Crippen molar-refractivity contribution < 1.29 is 4.74 Å². The predicted molar refractivity (Wildman–Crippen MR) is 61.1 cm³/mol. The fourth-order valence-electron chi connectivity index (χ4n) is 1.29. The molecule has 0 atom stereocenters. The summed E-state index contributed by atoms with van der Waals surface area (Å²) >= 11 is 2.71. The predicted octanol–water partition coefficient (Wildman–Crippen LogP) is 0.261. The zero-order valence-electron chi connectivity index (χ0n) is 9.54. The molecule has 0 unspecified atom stereocenters. The first-order valence-electron chi connectivity index (χ1n) is 4.99. The summed E-state index contributed by atoms with van der Waals surface area (Å²) in [6, 6.07) is 0. The molecule has 1 heterocycles. The van der Waals surface area contributed by atoms with E-state index in [9.17, 15) is 0 Å². The average molecular weight is 255 g/mol. The Morgan fingerprint density at radius 2 is 1.93 bits per heavy atom. The Bertz CT molecular complexity index is 209. The molecule has 1 rings (SSSR count). The van der Waals surface area contributed by atoms with Gasteiger partial charge in [0.2, 0.25) is 0 Å². The SMILES string of the molecule is [Li][Se]C(=NC(C)(C)C)N1CCOCC1. The third kappa shape index (κ3) is 4.38. The first kappa shape index (κ1) is 12.6. The Morgan fingerprint density at radius 1 is 1.36 bits per heavy atom. The summed E-state index contributed by atoms with van der Waals surface area (Å²) < 4.78 is 6.62. The van der Waals surface area contributed by atoms with Gasteiger partial charge in [-0.25, -0.2) is 0 Å². The second-order valence-corrected chi connectivity index (χ2v) is 5.99. The van der Waals surface area contributed by atoms with Crippen molar-refractivity contribution in [2.45, 2.75) is 26.3 Å². The molecule has 0 N–H and O–H groups in total. The van der Waals surface area contributed by atoms with Crippen LogP contribution in [0.25, 0.3) is 0 Å². The maximum absolute atomic E-state index is 5.33. The van der Waals surface area contributed by atoms with Crippen LogP contribution in [0.4, 0.5) is 0 Å². The van der Waals surface area contributed by atoms with Gasteiger partial charge in [-0.1, -0.05) is 0 Å². The Kier molecular flexibility index (Phi) is 5.03. The van der Waals surface area contributed by atoms with Crippen molar-refractivity contribution in [3.05, 3.63) is 0 Å². The van der Waals surface area contributed by atoms with E-state index in [1.165, 1.54) is 4.73 Å². The van der Waals surface area contributed by atoms with E-state index >= 15 is 0 Å². The second-order valence-electron chi connectivity index (χ2n) is 4.37. The maximum atomic E-state index is 5.33. The molecule has 1 aliphatic rings. The fraction of sp³-hybridized carbons (Fsp3) is 0.889. The molecular weight excluding hydrogens is 238 g/mol. The molecule has 0 radical (unpaired) electrons. The van der Waals surface area contributed by atoms with E-state index < -0.39 is 0 Å². The molecule has 0 aliphatic carbocycles. The molecule has 14 heavy (non-hydrogen) atoms. The number of ether oxygens (including phenoxy) is 1. The Hall–Kier alpha value is 0.547. The summed E-state index contributed by atoms with van der Waals surface area (Å²) in [4.78, 5) is 7.14. The van der Waals surface area contributed by atoms with E-state index in [4.69, 9.17) is 9.73 Å². The number of hydrogen-bond acceptors (Lipinski definition) is 2. The van der Waals surface area contributed by atoms with Crippen molar-refractivity contribution in [2.24, 2.45) is 4.99 Å². The number of hydrogen-bond donors (Lipinski definition) is 0. The van der Waals surface area contributed by atoms with Crippen molar-refractivity contribution in [3.8, 4) is 0 Å². The van der Waals surface area contributed by atoms with E-state index in [-0.39, 0.29) is 5.54 Å². The van der Waals surface area contributed by atoms with Crippen molar-refractivity contribution in [2.75, 3.05) is 26.3 Å². The van der Waals surface area contributed by atoms with Gasteiger partial charge in [-0.15, -0.1) is 0 Å². The van der Waals surface area contributed by atoms with Gasteiger partial charge in [-0.05, 0) is 0 Å². The number of amidine groups is 1. The molecule has 0 amide bonds. The number of aliphatic imine (C=N–C) groups is 1. The second kappa shape index (κ2) is 5.58. The molecule has 0 aromatic rings. The standard InChI is InChI=1S/C9H18N2OSe.Li/c1-9(2,3)10-8(13)11-4-6-12-7-5-11;/h4-7H2,1-3H3,(H,10,13);/q;+1/p-1. The monoisotopic (exact) mass is 256 g/mol. The van der Waals surface area contributed by atoms with Gasteiger partial charge in [0.15, 0.2) is 0 Å². The van der Waals surface area contributed by atoms with Crippen LogP contribution in [0.1, 0.15) is 20.8 Å². The summed E-state index contributed by atoms with van der Waals surface area (Å²) in [7, 11) is 0. The first-order chi connectivity index (χ1) is 6.53. The summed E-state index contributed by atoms with van der Waals surface area (Å²) in [5.74, 6) is 0. The summed E-state index contributed by atoms with van der Waals surface area (Å²) in [6.45, 7) is 10.2. The molecule has 0 spiro atoms. The van der Waals surface area contributed by atoms with Crippen LogP contribution in [-0.2, 0) is 4.74 Å². The van der Waals surface area contributed by atoms with Crippen molar-refractivity contribution in [1.29, 1.82) is 0 Å². The molecule has 3 nitrogen and oxygen atoms in total. The minimum absolute atomic E-state index is 0.0470. The van der Waals surface area contributed by atoms with Gasteiger partial charge >= 0.3 is 101 Å². The summed E-state index contributed by atoms with van der Waals surface area (Å²) in [6.07, 6.45) is 0. The third-order valence-corrected chi connectivity index (χ3v) is 3.39. The molecule has 1 saturated heterocycles. The molecule has 76 valence electrons. The Labute approximate surface area is 100 Å². The molecule has 0 aromatic heterocycles. The van der Waals surface area contributed by atoms with Crippen molar-refractivity contribution >= 4 is 33.3 Å². The Balaban J connectivity index is 2.64. The third-order valence-electron chi connectivity index (χ3n) is 1.90. The van der Waals surface area contributed by atoms with Gasteiger partial charge in [-0.3, -0.25) is 0 Å².